The van der Waals surface area contributed by atoms with Crippen molar-refractivity contribution < 1.29 is 4.79 Å². The molecule has 0 aromatic carbocycles. The lowest BCUT2D eigenvalue weighted by molar-refractivity contribution is 0.187. The smallest absolute Gasteiger partial charge is 0.317 e. The van der Waals surface area contributed by atoms with Crippen molar-refractivity contribution in [1.29, 1.82) is 0 Å². The Morgan fingerprint density at radius 2 is 2.33 bits per heavy atom. The summed E-state index contributed by atoms with van der Waals surface area (Å²) < 4.78 is 1.95. The molecule has 3 aliphatic rings. The first-order valence-electron chi connectivity index (χ1n) is 7.90. The van der Waals surface area contributed by atoms with Crippen LogP contribution in [0.25, 0.3) is 0 Å². The van der Waals surface area contributed by atoms with Gasteiger partial charge in [-0.1, -0.05) is 0 Å². The number of rotatable bonds is 3. The van der Waals surface area contributed by atoms with E-state index in [0.717, 1.165) is 25.1 Å². The van der Waals surface area contributed by atoms with Gasteiger partial charge < -0.3 is 16.0 Å². The number of nitrogens with zero attached hydrogens (tertiary/aromatic N) is 3. The number of fused-ring (bicyclic) bond motifs is 1. The molecular formula is C15H23N5O. The highest BCUT2D eigenvalue weighted by Crippen LogP contribution is 2.42. The molecule has 0 radical (unpaired) electrons. The summed E-state index contributed by atoms with van der Waals surface area (Å²) in [5.74, 6) is 1.18. The molecule has 2 amide bonds. The van der Waals surface area contributed by atoms with Gasteiger partial charge in [-0.15, -0.1) is 0 Å². The molecule has 0 spiro atoms. The zero-order chi connectivity index (χ0) is 14.6. The summed E-state index contributed by atoms with van der Waals surface area (Å²) in [4.78, 5) is 14.1. The number of carbonyl (C=O) groups excluding carboxylic acids is 1. The zero-order valence-corrected chi connectivity index (χ0v) is 12.5. The largest absolute Gasteiger partial charge is 0.332 e. The van der Waals surface area contributed by atoms with E-state index in [0.29, 0.717) is 24.9 Å². The van der Waals surface area contributed by atoms with E-state index in [2.05, 4.69) is 16.5 Å². The number of urea groups is 1. The standard InChI is InChI=1S/C15H23N5O/c1-19-13(10-2-3-10)6-12(18-19)7-17-14(21)20-8-11-4-5-15(11,16)9-20/h6,10-11H,2-5,7-9,16H2,1H3,(H,17,21)/t11-,15-/m0/s1. The van der Waals surface area contributed by atoms with Crippen molar-refractivity contribution in [2.45, 2.75) is 43.7 Å². The normalized spacial score (nSPS) is 31.0. The fourth-order valence-electron chi connectivity index (χ4n) is 3.71. The number of nitrogens with two attached hydrogens (primary N) is 1. The Hall–Kier alpha value is -1.56. The van der Waals surface area contributed by atoms with E-state index in [1.807, 2.05) is 16.6 Å². The molecule has 21 heavy (non-hydrogen) atoms. The molecule has 6 heteroatoms. The molecule has 6 nitrogen and oxygen atoms in total. The number of hydrogen-bond donors (Lipinski definition) is 2. The van der Waals surface area contributed by atoms with E-state index >= 15 is 0 Å². The Balaban J connectivity index is 1.34. The van der Waals surface area contributed by atoms with E-state index in [9.17, 15) is 4.79 Å². The molecule has 2 aliphatic carbocycles. The maximum Gasteiger partial charge on any atom is 0.317 e. The third-order valence-electron chi connectivity index (χ3n) is 5.37. The Morgan fingerprint density at radius 3 is 2.90 bits per heavy atom. The topological polar surface area (TPSA) is 76.2 Å². The second-order valence-electron chi connectivity index (χ2n) is 6.97. The number of likely N-dealkylation sites (tertiary alicyclic amines) is 1. The van der Waals surface area contributed by atoms with Crippen molar-refractivity contribution in [3.63, 3.8) is 0 Å². The number of carbonyl (C=O) groups is 1. The summed E-state index contributed by atoms with van der Waals surface area (Å²) in [5.41, 5.74) is 8.39. The third-order valence-corrected chi connectivity index (χ3v) is 5.37. The molecule has 0 bridgehead atoms. The summed E-state index contributed by atoms with van der Waals surface area (Å²) in [6.45, 7) is 2.00. The molecule has 1 aromatic rings. The third kappa shape index (κ3) is 2.21. The van der Waals surface area contributed by atoms with E-state index in [4.69, 9.17) is 5.73 Å². The van der Waals surface area contributed by atoms with Crippen LogP contribution in [0.2, 0.25) is 0 Å². The molecule has 1 aliphatic heterocycles. The second-order valence-corrected chi connectivity index (χ2v) is 6.97. The fourth-order valence-corrected chi connectivity index (χ4v) is 3.71. The number of aromatic nitrogens is 2. The van der Waals surface area contributed by atoms with Gasteiger partial charge in [0.1, 0.15) is 0 Å². The predicted octanol–water partition coefficient (Wildman–Crippen LogP) is 0.930. The number of nitrogens with one attached hydrogen (secondary N) is 1. The molecule has 114 valence electrons. The van der Waals surface area contributed by atoms with Crippen LogP contribution in [0.3, 0.4) is 0 Å². The van der Waals surface area contributed by atoms with E-state index in [1.54, 1.807) is 0 Å². The summed E-state index contributed by atoms with van der Waals surface area (Å²) in [7, 11) is 1.98. The van der Waals surface area contributed by atoms with Crippen LogP contribution in [0.15, 0.2) is 6.07 Å². The summed E-state index contributed by atoms with van der Waals surface area (Å²) in [6, 6.07) is 2.11. The van der Waals surface area contributed by atoms with Gasteiger partial charge in [-0.05, 0) is 37.7 Å². The molecule has 2 saturated carbocycles. The quantitative estimate of drug-likeness (QED) is 0.869. The molecule has 0 unspecified atom stereocenters. The van der Waals surface area contributed by atoms with Gasteiger partial charge in [-0.3, -0.25) is 4.68 Å². The van der Waals surface area contributed by atoms with Crippen molar-refractivity contribution in [3.8, 4) is 0 Å². The van der Waals surface area contributed by atoms with Crippen molar-refractivity contribution in [2.75, 3.05) is 13.1 Å². The Labute approximate surface area is 124 Å². The van der Waals surface area contributed by atoms with E-state index in [1.165, 1.54) is 18.5 Å². The number of hydrogen-bond acceptors (Lipinski definition) is 3. The van der Waals surface area contributed by atoms with Crippen LogP contribution in [-0.4, -0.2) is 39.3 Å². The molecule has 3 fully saturated rings. The minimum Gasteiger partial charge on any atom is -0.332 e. The minimum absolute atomic E-state index is 0.00662. The molecule has 2 heterocycles. The first-order valence-corrected chi connectivity index (χ1v) is 7.90. The minimum atomic E-state index is -0.110. The van der Waals surface area contributed by atoms with Crippen LogP contribution < -0.4 is 11.1 Å². The maximum atomic E-state index is 12.2. The average Bonchev–Trinajstić information content (AvgIpc) is 3.18. The lowest BCUT2D eigenvalue weighted by Crippen LogP contribution is -2.55. The maximum absolute atomic E-state index is 12.2. The zero-order valence-electron chi connectivity index (χ0n) is 12.5. The van der Waals surface area contributed by atoms with E-state index in [-0.39, 0.29) is 11.6 Å². The van der Waals surface area contributed by atoms with Crippen molar-refractivity contribution >= 4 is 6.03 Å². The predicted molar refractivity (Wildman–Crippen MR) is 78.6 cm³/mol. The van der Waals surface area contributed by atoms with E-state index < -0.39 is 0 Å². The summed E-state index contributed by atoms with van der Waals surface area (Å²) >= 11 is 0. The van der Waals surface area contributed by atoms with Gasteiger partial charge in [-0.2, -0.15) is 5.10 Å². The van der Waals surface area contributed by atoms with Crippen LogP contribution in [0.4, 0.5) is 4.79 Å². The highest BCUT2D eigenvalue weighted by atomic mass is 16.2. The highest BCUT2D eigenvalue weighted by molar-refractivity contribution is 5.74. The molecule has 1 saturated heterocycles. The lowest BCUT2D eigenvalue weighted by Gasteiger charge is -2.39. The van der Waals surface area contributed by atoms with Gasteiger partial charge in [0.05, 0.1) is 12.2 Å². The van der Waals surface area contributed by atoms with Crippen LogP contribution in [0.1, 0.15) is 43.0 Å². The Kier molecular flexibility index (Phi) is 2.79. The van der Waals surface area contributed by atoms with Crippen molar-refractivity contribution in [3.05, 3.63) is 17.5 Å². The first kappa shape index (κ1) is 13.1. The SMILES string of the molecule is Cn1nc(CNC(=O)N2C[C@@H]3CC[C@]3(N)C2)cc1C1CC1. The molecular weight excluding hydrogens is 266 g/mol. The molecule has 1 aromatic heterocycles. The summed E-state index contributed by atoms with van der Waals surface area (Å²) in [5, 5.41) is 7.47. The van der Waals surface area contributed by atoms with Crippen LogP contribution in [-0.2, 0) is 13.6 Å². The summed E-state index contributed by atoms with van der Waals surface area (Å²) in [6.07, 6.45) is 4.73. The molecule has 4 rings (SSSR count). The monoisotopic (exact) mass is 289 g/mol. The number of amides is 2. The molecule has 2 atom stereocenters. The van der Waals surface area contributed by atoms with Crippen LogP contribution >= 0.6 is 0 Å². The highest BCUT2D eigenvalue weighted by Gasteiger charge is 2.51. The van der Waals surface area contributed by atoms with Gasteiger partial charge in [0.15, 0.2) is 0 Å². The van der Waals surface area contributed by atoms with Crippen molar-refractivity contribution in [2.24, 2.45) is 18.7 Å². The van der Waals surface area contributed by atoms with Gasteiger partial charge in [-0.25, -0.2) is 4.79 Å². The fraction of sp³-hybridized carbons (Fsp3) is 0.733. The van der Waals surface area contributed by atoms with Crippen molar-refractivity contribution in [1.82, 2.24) is 20.0 Å². The second kappa shape index (κ2) is 4.47. The van der Waals surface area contributed by atoms with Gasteiger partial charge >= 0.3 is 6.03 Å². The Bertz CT molecular complexity index is 579. The lowest BCUT2D eigenvalue weighted by atomic mass is 9.70. The molecule has 3 N–H and O–H groups in total. The van der Waals surface area contributed by atoms with Crippen LogP contribution in [0, 0.1) is 5.92 Å². The average molecular weight is 289 g/mol. The van der Waals surface area contributed by atoms with Gasteiger partial charge in [0.25, 0.3) is 0 Å². The first-order chi connectivity index (χ1) is 10.0. The van der Waals surface area contributed by atoms with Gasteiger partial charge in [0, 0.05) is 37.3 Å². The number of aryl methyl sites for hydroxylation is 1. The Morgan fingerprint density at radius 1 is 1.52 bits per heavy atom. The van der Waals surface area contributed by atoms with Crippen LogP contribution in [0.5, 0.6) is 0 Å². The van der Waals surface area contributed by atoms with Gasteiger partial charge in [0.2, 0.25) is 0 Å².